The smallest absolute Gasteiger partial charge is 0.406 e. The predicted octanol–water partition coefficient (Wildman–Crippen LogP) is 3.28. The van der Waals surface area contributed by atoms with E-state index in [4.69, 9.17) is 0 Å². The topological polar surface area (TPSA) is 68.4 Å². The summed E-state index contributed by atoms with van der Waals surface area (Å²) < 4.78 is 45.3. The fourth-order valence-electron chi connectivity index (χ4n) is 2.18. The number of rotatable bonds is 3. The Hall–Kier alpha value is -2.61. The van der Waals surface area contributed by atoms with Crippen LogP contribution in [0.25, 0.3) is 22.2 Å². The van der Waals surface area contributed by atoms with E-state index in [1.54, 1.807) is 18.2 Å². The summed E-state index contributed by atoms with van der Waals surface area (Å²) in [6.45, 7) is -0.452. The van der Waals surface area contributed by atoms with E-state index in [-0.39, 0.29) is 5.56 Å². The van der Waals surface area contributed by atoms with Crippen molar-refractivity contribution in [1.82, 2.24) is 10.3 Å². The van der Waals surface area contributed by atoms with Crippen molar-refractivity contribution in [3.8, 4) is 16.9 Å². The molecule has 1 heterocycles. The van der Waals surface area contributed by atoms with Crippen LogP contribution in [0.3, 0.4) is 0 Å². The Morgan fingerprint density at radius 1 is 1.09 bits per heavy atom. The Bertz CT molecular complexity index is 814. The van der Waals surface area contributed by atoms with Gasteiger partial charge in [-0.2, -0.15) is 0 Å². The molecule has 0 radical (unpaired) electrons. The number of hydrogen-bond donors (Lipinski definition) is 1. The Labute approximate surface area is 121 Å². The van der Waals surface area contributed by atoms with Crippen molar-refractivity contribution < 1.29 is 27.6 Å². The summed E-state index contributed by atoms with van der Waals surface area (Å²) in [4.78, 5) is 0. The number of fused-ring (bicyclic) bond motifs is 1. The van der Waals surface area contributed by atoms with Crippen molar-refractivity contribution >= 4 is 11.0 Å². The van der Waals surface area contributed by atoms with Crippen molar-refractivity contribution in [1.29, 1.82) is 0 Å². The molecule has 114 valence electrons. The Morgan fingerprint density at radius 2 is 1.91 bits per heavy atom. The van der Waals surface area contributed by atoms with Crippen LogP contribution >= 0.6 is 0 Å². The highest BCUT2D eigenvalue weighted by atomic mass is 19.4. The third-order valence-corrected chi connectivity index (χ3v) is 3.06. The van der Waals surface area contributed by atoms with E-state index < -0.39 is 18.7 Å². The number of nitrogens with zero attached hydrogens (tertiary/aromatic N) is 2. The van der Waals surface area contributed by atoms with Gasteiger partial charge in [-0.05, 0) is 39.6 Å². The molecule has 1 N–H and O–H groups in total. The Kier molecular flexibility index (Phi) is 3.45. The number of aliphatic hydroxyl groups is 1. The molecule has 5 nitrogen and oxygen atoms in total. The van der Waals surface area contributed by atoms with E-state index in [1.807, 2.05) is 0 Å². The van der Waals surface area contributed by atoms with Crippen LogP contribution in [0.5, 0.6) is 5.75 Å². The van der Waals surface area contributed by atoms with Gasteiger partial charge in [-0.25, -0.2) is 4.63 Å². The van der Waals surface area contributed by atoms with Crippen LogP contribution in [0, 0.1) is 0 Å². The summed E-state index contributed by atoms with van der Waals surface area (Å²) >= 11 is 0. The first-order chi connectivity index (χ1) is 10.5. The van der Waals surface area contributed by atoms with Gasteiger partial charge in [-0.15, -0.1) is 13.2 Å². The molecule has 0 atom stereocenters. The lowest BCUT2D eigenvalue weighted by atomic mass is 9.98. The van der Waals surface area contributed by atoms with Crippen LogP contribution in [0.1, 0.15) is 5.56 Å². The average molecular weight is 310 g/mol. The van der Waals surface area contributed by atoms with Crippen molar-refractivity contribution in [2.24, 2.45) is 0 Å². The van der Waals surface area contributed by atoms with Crippen molar-refractivity contribution in [2.75, 3.05) is 0 Å². The molecule has 0 saturated heterocycles. The van der Waals surface area contributed by atoms with E-state index in [0.29, 0.717) is 22.2 Å². The fourth-order valence-corrected chi connectivity index (χ4v) is 2.18. The molecular weight excluding hydrogens is 301 g/mol. The normalized spacial score (nSPS) is 11.8. The zero-order chi connectivity index (χ0) is 15.7. The molecule has 0 spiro atoms. The molecule has 0 fully saturated rings. The minimum atomic E-state index is -4.79. The summed E-state index contributed by atoms with van der Waals surface area (Å²) in [5.41, 5.74) is 2.37. The van der Waals surface area contributed by atoms with Crippen LogP contribution in [0.4, 0.5) is 13.2 Å². The molecule has 0 saturated carbocycles. The second-order valence-electron chi connectivity index (χ2n) is 4.46. The quantitative estimate of drug-likeness (QED) is 0.804. The third kappa shape index (κ3) is 2.73. The zero-order valence-corrected chi connectivity index (χ0v) is 11.0. The Balaban J connectivity index is 2.09. The lowest BCUT2D eigenvalue weighted by Crippen LogP contribution is -2.17. The fraction of sp³-hybridized carbons (Fsp3) is 0.143. The van der Waals surface area contributed by atoms with Crippen LogP contribution in [-0.2, 0) is 6.61 Å². The number of halogens is 3. The largest absolute Gasteiger partial charge is 0.573 e. The first-order valence-corrected chi connectivity index (χ1v) is 6.19. The van der Waals surface area contributed by atoms with Crippen molar-refractivity contribution in [3.63, 3.8) is 0 Å². The minimum Gasteiger partial charge on any atom is -0.406 e. The second-order valence-corrected chi connectivity index (χ2v) is 4.46. The zero-order valence-electron chi connectivity index (χ0n) is 11.0. The summed E-state index contributed by atoms with van der Waals surface area (Å²) in [6.07, 6.45) is -4.79. The van der Waals surface area contributed by atoms with Gasteiger partial charge in [0.1, 0.15) is 16.8 Å². The van der Waals surface area contributed by atoms with Crippen LogP contribution in [-0.4, -0.2) is 21.8 Å². The van der Waals surface area contributed by atoms with E-state index in [9.17, 15) is 18.3 Å². The molecule has 3 rings (SSSR count). The highest BCUT2D eigenvalue weighted by molar-refractivity contribution is 5.91. The van der Waals surface area contributed by atoms with Gasteiger partial charge in [-0.3, -0.25) is 0 Å². The van der Waals surface area contributed by atoms with Gasteiger partial charge in [0.25, 0.3) is 0 Å². The highest BCUT2D eigenvalue weighted by Gasteiger charge is 2.31. The highest BCUT2D eigenvalue weighted by Crippen LogP contribution is 2.33. The van der Waals surface area contributed by atoms with Crippen LogP contribution in [0.2, 0.25) is 0 Å². The molecule has 0 bridgehead atoms. The number of aliphatic hydroxyl groups excluding tert-OH is 1. The van der Waals surface area contributed by atoms with Crippen LogP contribution < -0.4 is 4.74 Å². The lowest BCUT2D eigenvalue weighted by Gasteiger charge is -2.12. The SMILES string of the molecule is OCc1cc(OC(F)(F)F)ccc1-c1cccc2nonc12. The maximum absolute atomic E-state index is 12.3. The minimum absolute atomic E-state index is 0.275. The first-order valence-electron chi connectivity index (χ1n) is 6.19. The number of alkyl halides is 3. The maximum atomic E-state index is 12.3. The molecule has 0 aliphatic heterocycles. The second kappa shape index (κ2) is 5.30. The molecule has 8 heteroatoms. The summed E-state index contributed by atoms with van der Waals surface area (Å²) in [5, 5.41) is 16.9. The van der Waals surface area contributed by atoms with E-state index in [1.165, 1.54) is 12.1 Å². The van der Waals surface area contributed by atoms with Gasteiger partial charge < -0.3 is 9.84 Å². The number of ether oxygens (including phenoxy) is 1. The number of aromatic nitrogens is 2. The van der Waals surface area contributed by atoms with E-state index >= 15 is 0 Å². The molecule has 2 aromatic carbocycles. The average Bonchev–Trinajstić information content (AvgIpc) is 2.94. The van der Waals surface area contributed by atoms with Crippen LogP contribution in [0.15, 0.2) is 41.0 Å². The molecule has 1 aromatic heterocycles. The molecule has 22 heavy (non-hydrogen) atoms. The predicted molar refractivity (Wildman–Crippen MR) is 69.8 cm³/mol. The van der Waals surface area contributed by atoms with Gasteiger partial charge >= 0.3 is 6.36 Å². The van der Waals surface area contributed by atoms with Crippen molar-refractivity contribution in [2.45, 2.75) is 13.0 Å². The summed E-state index contributed by atoms with van der Waals surface area (Å²) in [7, 11) is 0. The molecule has 0 aliphatic carbocycles. The molecule has 0 amide bonds. The monoisotopic (exact) mass is 310 g/mol. The summed E-state index contributed by atoms with van der Waals surface area (Å²) in [6, 6.07) is 8.85. The molecular formula is C14H9F3N2O3. The van der Waals surface area contributed by atoms with Gasteiger partial charge in [0.05, 0.1) is 6.61 Å². The third-order valence-electron chi connectivity index (χ3n) is 3.06. The van der Waals surface area contributed by atoms with Gasteiger partial charge in [0, 0.05) is 5.56 Å². The number of hydrogen-bond acceptors (Lipinski definition) is 5. The lowest BCUT2D eigenvalue weighted by molar-refractivity contribution is -0.274. The standard InChI is InChI=1S/C14H9F3N2O3/c15-14(16,17)21-9-4-5-10(8(6-9)7-20)11-2-1-3-12-13(11)19-22-18-12/h1-6,20H,7H2. The summed E-state index contributed by atoms with van der Waals surface area (Å²) in [5.74, 6) is -0.397. The van der Waals surface area contributed by atoms with E-state index in [2.05, 4.69) is 19.7 Å². The maximum Gasteiger partial charge on any atom is 0.573 e. The first kappa shape index (κ1) is 14.3. The van der Waals surface area contributed by atoms with E-state index in [0.717, 1.165) is 6.07 Å². The van der Waals surface area contributed by atoms with Gasteiger partial charge in [-0.1, -0.05) is 18.2 Å². The Morgan fingerprint density at radius 3 is 2.64 bits per heavy atom. The molecule has 3 aromatic rings. The van der Waals surface area contributed by atoms with Crippen molar-refractivity contribution in [3.05, 3.63) is 42.0 Å². The van der Waals surface area contributed by atoms with Gasteiger partial charge in [0.2, 0.25) is 0 Å². The van der Waals surface area contributed by atoms with Gasteiger partial charge in [0.15, 0.2) is 0 Å². The molecule has 0 unspecified atom stereocenters. The molecule has 0 aliphatic rings. The number of benzene rings is 2.